The first-order chi connectivity index (χ1) is 11.0. The fraction of sp³-hybridized carbons (Fsp3) is 0.600. The summed E-state index contributed by atoms with van der Waals surface area (Å²) in [5.74, 6) is -0.379. The largest absolute Gasteiger partial charge is 0.334 e. The molecular formula is C20H32N2O2. The minimum absolute atomic E-state index is 0.0592. The molecule has 1 N–H and O–H groups in total. The molecule has 0 atom stereocenters. The van der Waals surface area contributed by atoms with E-state index in [4.69, 9.17) is 0 Å². The number of carbonyl (C=O) groups excluding carboxylic acids is 2. The summed E-state index contributed by atoms with van der Waals surface area (Å²) in [6, 6.07) is 7.67. The molecule has 0 unspecified atom stereocenters. The van der Waals surface area contributed by atoms with Gasteiger partial charge in [-0.15, -0.1) is 0 Å². The Morgan fingerprint density at radius 1 is 0.958 bits per heavy atom. The summed E-state index contributed by atoms with van der Waals surface area (Å²) in [5, 5.41) is 2.72. The van der Waals surface area contributed by atoms with Crippen LogP contribution < -0.4 is 5.32 Å². The van der Waals surface area contributed by atoms with Crippen LogP contribution in [-0.4, -0.2) is 29.8 Å². The molecule has 4 heteroatoms. The molecule has 1 aromatic carbocycles. The van der Waals surface area contributed by atoms with Gasteiger partial charge in [0, 0.05) is 18.8 Å². The Balaban J connectivity index is 2.79. The SMILES string of the molecule is CC(C)CN(CC(C)C)C(=O)C(=O)Nc1ccc(C(C)(C)C)cc1. The van der Waals surface area contributed by atoms with E-state index >= 15 is 0 Å². The van der Waals surface area contributed by atoms with E-state index in [0.29, 0.717) is 30.6 Å². The van der Waals surface area contributed by atoms with Gasteiger partial charge in [0.05, 0.1) is 0 Å². The second-order valence-corrected chi connectivity index (χ2v) is 8.28. The third-order valence-corrected chi connectivity index (χ3v) is 3.66. The van der Waals surface area contributed by atoms with Gasteiger partial charge in [-0.1, -0.05) is 60.6 Å². The summed E-state index contributed by atoms with van der Waals surface area (Å²) in [4.78, 5) is 26.4. The molecule has 0 saturated heterocycles. The van der Waals surface area contributed by atoms with Crippen LogP contribution in [0.4, 0.5) is 5.69 Å². The van der Waals surface area contributed by atoms with Crippen LogP contribution in [0.15, 0.2) is 24.3 Å². The maximum absolute atomic E-state index is 12.5. The third-order valence-electron chi connectivity index (χ3n) is 3.66. The van der Waals surface area contributed by atoms with Gasteiger partial charge >= 0.3 is 11.8 Å². The predicted octanol–water partition coefficient (Wildman–Crippen LogP) is 4.06. The molecule has 1 rings (SSSR count). The van der Waals surface area contributed by atoms with Gasteiger partial charge in [0.25, 0.3) is 0 Å². The third kappa shape index (κ3) is 6.34. The van der Waals surface area contributed by atoms with Crippen LogP contribution in [0.2, 0.25) is 0 Å². The minimum atomic E-state index is -0.570. The Morgan fingerprint density at radius 2 is 1.42 bits per heavy atom. The van der Waals surface area contributed by atoms with Crippen molar-refractivity contribution in [3.05, 3.63) is 29.8 Å². The fourth-order valence-corrected chi connectivity index (χ4v) is 2.50. The van der Waals surface area contributed by atoms with Crippen LogP contribution in [0.5, 0.6) is 0 Å². The highest BCUT2D eigenvalue weighted by Crippen LogP contribution is 2.23. The van der Waals surface area contributed by atoms with Gasteiger partial charge in [-0.3, -0.25) is 9.59 Å². The lowest BCUT2D eigenvalue weighted by molar-refractivity contribution is -0.143. The molecule has 24 heavy (non-hydrogen) atoms. The number of benzene rings is 1. The van der Waals surface area contributed by atoms with Gasteiger partial charge in [-0.25, -0.2) is 0 Å². The molecule has 0 aliphatic rings. The molecule has 0 bridgehead atoms. The van der Waals surface area contributed by atoms with Crippen molar-refractivity contribution in [2.75, 3.05) is 18.4 Å². The Hall–Kier alpha value is -1.84. The Bertz CT molecular complexity index is 544. The van der Waals surface area contributed by atoms with Crippen LogP contribution in [0.3, 0.4) is 0 Å². The molecule has 0 aliphatic heterocycles. The van der Waals surface area contributed by atoms with Crippen LogP contribution in [-0.2, 0) is 15.0 Å². The van der Waals surface area contributed by atoms with E-state index < -0.39 is 11.8 Å². The van der Waals surface area contributed by atoms with E-state index in [9.17, 15) is 9.59 Å². The zero-order valence-electron chi connectivity index (χ0n) is 16.1. The highest BCUT2D eigenvalue weighted by Gasteiger charge is 2.23. The van der Waals surface area contributed by atoms with Crippen molar-refractivity contribution < 1.29 is 9.59 Å². The molecule has 0 heterocycles. The molecule has 0 saturated carbocycles. The van der Waals surface area contributed by atoms with Crippen molar-refractivity contribution in [1.82, 2.24) is 4.90 Å². The van der Waals surface area contributed by atoms with Gasteiger partial charge in [-0.2, -0.15) is 0 Å². The van der Waals surface area contributed by atoms with Gasteiger partial charge in [0.2, 0.25) is 0 Å². The smallest absolute Gasteiger partial charge is 0.313 e. The first kappa shape index (κ1) is 20.2. The van der Waals surface area contributed by atoms with Crippen molar-refractivity contribution in [3.63, 3.8) is 0 Å². The lowest BCUT2D eigenvalue weighted by atomic mass is 9.87. The summed E-state index contributed by atoms with van der Waals surface area (Å²) in [7, 11) is 0. The second kappa shape index (κ2) is 8.32. The first-order valence-electron chi connectivity index (χ1n) is 8.71. The summed E-state index contributed by atoms with van der Waals surface area (Å²) in [6.07, 6.45) is 0. The molecule has 1 aromatic rings. The van der Waals surface area contributed by atoms with Crippen molar-refractivity contribution in [2.45, 2.75) is 53.9 Å². The number of rotatable bonds is 5. The summed E-state index contributed by atoms with van der Waals surface area (Å²) >= 11 is 0. The van der Waals surface area contributed by atoms with E-state index in [2.05, 4.69) is 26.1 Å². The van der Waals surface area contributed by atoms with Gasteiger partial charge < -0.3 is 10.2 Å². The number of anilines is 1. The Morgan fingerprint density at radius 3 is 1.79 bits per heavy atom. The molecule has 0 aromatic heterocycles. The van der Waals surface area contributed by atoms with Crippen LogP contribution in [0, 0.1) is 11.8 Å². The molecular weight excluding hydrogens is 300 g/mol. The molecule has 2 amide bonds. The summed E-state index contributed by atoms with van der Waals surface area (Å²) in [5.41, 5.74) is 1.90. The lowest BCUT2D eigenvalue weighted by Gasteiger charge is -2.25. The highest BCUT2D eigenvalue weighted by molar-refractivity contribution is 6.39. The topological polar surface area (TPSA) is 49.4 Å². The molecule has 0 fully saturated rings. The maximum atomic E-state index is 12.5. The van der Waals surface area contributed by atoms with Crippen molar-refractivity contribution in [1.29, 1.82) is 0 Å². The quantitative estimate of drug-likeness (QED) is 0.827. The van der Waals surface area contributed by atoms with E-state index in [1.165, 1.54) is 5.56 Å². The summed E-state index contributed by atoms with van der Waals surface area (Å²) in [6.45, 7) is 15.8. The van der Waals surface area contributed by atoms with Crippen LogP contribution in [0.25, 0.3) is 0 Å². The number of hydrogen-bond donors (Lipinski definition) is 1. The molecule has 0 aliphatic carbocycles. The van der Waals surface area contributed by atoms with Crippen molar-refractivity contribution in [3.8, 4) is 0 Å². The van der Waals surface area contributed by atoms with Gasteiger partial charge in [-0.05, 0) is 34.9 Å². The number of nitrogens with one attached hydrogen (secondary N) is 1. The number of carbonyl (C=O) groups is 2. The zero-order chi connectivity index (χ0) is 18.5. The maximum Gasteiger partial charge on any atom is 0.313 e. The molecule has 0 radical (unpaired) electrons. The first-order valence-corrected chi connectivity index (χ1v) is 8.71. The van der Waals surface area contributed by atoms with Crippen LogP contribution in [0.1, 0.15) is 54.0 Å². The second-order valence-electron chi connectivity index (χ2n) is 8.28. The molecule has 4 nitrogen and oxygen atoms in total. The predicted molar refractivity (Wildman–Crippen MR) is 100 cm³/mol. The highest BCUT2D eigenvalue weighted by atomic mass is 16.2. The van der Waals surface area contributed by atoms with E-state index in [1.807, 2.05) is 52.0 Å². The normalized spacial score (nSPS) is 11.7. The zero-order valence-corrected chi connectivity index (χ0v) is 16.1. The fourth-order valence-electron chi connectivity index (χ4n) is 2.50. The number of hydrogen-bond acceptors (Lipinski definition) is 2. The van der Waals surface area contributed by atoms with Gasteiger partial charge in [0.1, 0.15) is 0 Å². The standard InChI is InChI=1S/C20H32N2O2/c1-14(2)12-22(13-15(3)4)19(24)18(23)21-17-10-8-16(9-11-17)20(5,6)7/h8-11,14-15H,12-13H2,1-7H3,(H,21,23). The van der Waals surface area contributed by atoms with Gasteiger partial charge in [0.15, 0.2) is 0 Å². The Labute approximate surface area is 146 Å². The summed E-state index contributed by atoms with van der Waals surface area (Å²) < 4.78 is 0. The van der Waals surface area contributed by atoms with Crippen LogP contribution >= 0.6 is 0 Å². The molecule has 134 valence electrons. The average Bonchev–Trinajstić information content (AvgIpc) is 2.44. The number of amides is 2. The monoisotopic (exact) mass is 332 g/mol. The lowest BCUT2D eigenvalue weighted by Crippen LogP contribution is -2.43. The van der Waals surface area contributed by atoms with Crippen molar-refractivity contribution in [2.24, 2.45) is 11.8 Å². The van der Waals surface area contributed by atoms with E-state index in [-0.39, 0.29) is 5.41 Å². The molecule has 0 spiro atoms. The minimum Gasteiger partial charge on any atom is -0.334 e. The van der Waals surface area contributed by atoms with Crippen molar-refractivity contribution >= 4 is 17.5 Å². The Kier molecular flexibility index (Phi) is 7.00. The average molecular weight is 332 g/mol. The van der Waals surface area contributed by atoms with E-state index in [1.54, 1.807) is 4.90 Å². The van der Waals surface area contributed by atoms with E-state index in [0.717, 1.165) is 0 Å². The number of nitrogens with zero attached hydrogens (tertiary/aromatic N) is 1.